The summed E-state index contributed by atoms with van der Waals surface area (Å²) < 4.78 is 1.66. The molecule has 6 heteroatoms. The van der Waals surface area contributed by atoms with Gasteiger partial charge in [0.05, 0.1) is 12.7 Å². The van der Waals surface area contributed by atoms with E-state index in [-0.39, 0.29) is 11.9 Å². The molecule has 1 aromatic heterocycles. The summed E-state index contributed by atoms with van der Waals surface area (Å²) in [6.07, 6.45) is 3.12. The highest BCUT2D eigenvalue weighted by Crippen LogP contribution is 2.16. The largest absolute Gasteiger partial charge is 0.384 e. The molecule has 0 saturated carbocycles. The molecule has 2 rings (SSSR count). The number of aliphatic hydroxyl groups is 1. The van der Waals surface area contributed by atoms with Gasteiger partial charge in [-0.05, 0) is 20.3 Å². The first-order valence-electron chi connectivity index (χ1n) is 5.37. The van der Waals surface area contributed by atoms with Crippen molar-refractivity contribution in [2.75, 3.05) is 0 Å². The van der Waals surface area contributed by atoms with Gasteiger partial charge in [0.15, 0.2) is 0 Å². The number of nitrogens with zero attached hydrogens (tertiary/aromatic N) is 3. The van der Waals surface area contributed by atoms with E-state index in [4.69, 9.17) is 0 Å². The lowest BCUT2D eigenvalue weighted by atomic mass is 10.1. The Bertz CT molecular complexity index is 394. The summed E-state index contributed by atoms with van der Waals surface area (Å²) in [5, 5.41) is 20.4. The molecule has 0 bridgehead atoms. The molecule has 0 radical (unpaired) electrons. The number of amides is 1. The minimum Gasteiger partial charge on any atom is -0.384 e. The summed E-state index contributed by atoms with van der Waals surface area (Å²) in [5.41, 5.74) is -0.436. The van der Waals surface area contributed by atoms with E-state index in [1.807, 2.05) is 0 Å². The number of aromatic nitrogens is 3. The summed E-state index contributed by atoms with van der Waals surface area (Å²) in [6, 6.07) is 0.129. The van der Waals surface area contributed by atoms with Crippen molar-refractivity contribution in [1.29, 1.82) is 0 Å². The molecule has 0 aliphatic carbocycles. The minimum absolute atomic E-state index is 0.0906. The van der Waals surface area contributed by atoms with Crippen molar-refractivity contribution in [2.24, 2.45) is 0 Å². The molecule has 6 nitrogen and oxygen atoms in total. The van der Waals surface area contributed by atoms with Gasteiger partial charge in [-0.15, -0.1) is 5.10 Å². The predicted octanol–water partition coefficient (Wildman–Crippen LogP) is -0.216. The number of nitrogens with one attached hydrogen (secondary N) is 1. The average molecular weight is 224 g/mol. The maximum Gasteiger partial charge on any atom is 0.220 e. The van der Waals surface area contributed by atoms with Gasteiger partial charge < -0.3 is 10.4 Å². The molecule has 1 fully saturated rings. The van der Waals surface area contributed by atoms with Crippen LogP contribution in [0.15, 0.2) is 6.20 Å². The monoisotopic (exact) mass is 224 g/mol. The number of hydrogen-bond acceptors (Lipinski definition) is 4. The van der Waals surface area contributed by atoms with Crippen molar-refractivity contribution in [2.45, 2.75) is 44.9 Å². The van der Waals surface area contributed by atoms with E-state index in [9.17, 15) is 9.90 Å². The SMILES string of the molecule is CC(C)(O)c1cn(CC2CCC(=O)N2)nn1. The second-order valence-corrected chi connectivity index (χ2v) is 4.69. The van der Waals surface area contributed by atoms with E-state index in [0.717, 1.165) is 6.42 Å². The molecule has 2 N–H and O–H groups in total. The van der Waals surface area contributed by atoms with Gasteiger partial charge >= 0.3 is 0 Å². The fourth-order valence-corrected chi connectivity index (χ4v) is 1.71. The van der Waals surface area contributed by atoms with Gasteiger partial charge in [-0.25, -0.2) is 0 Å². The zero-order valence-electron chi connectivity index (χ0n) is 9.47. The number of hydrogen-bond donors (Lipinski definition) is 2. The molecule has 1 aliphatic heterocycles. The topological polar surface area (TPSA) is 80.0 Å². The number of carbonyl (C=O) groups excluding carboxylic acids is 1. The molecule has 1 unspecified atom stereocenters. The van der Waals surface area contributed by atoms with Crippen LogP contribution in [-0.4, -0.2) is 32.0 Å². The number of rotatable bonds is 3. The Balaban J connectivity index is 2.00. The van der Waals surface area contributed by atoms with Crippen LogP contribution < -0.4 is 5.32 Å². The number of carbonyl (C=O) groups is 1. The standard InChI is InChI=1S/C10H16N4O2/c1-10(2,16)8-6-14(13-12-8)5-7-3-4-9(15)11-7/h6-7,16H,3-5H2,1-2H3,(H,11,15). The molecule has 1 aromatic rings. The smallest absolute Gasteiger partial charge is 0.220 e. The fraction of sp³-hybridized carbons (Fsp3) is 0.700. The molecular formula is C10H16N4O2. The third-order valence-electron chi connectivity index (χ3n) is 2.66. The van der Waals surface area contributed by atoms with Gasteiger partial charge in [-0.3, -0.25) is 9.48 Å². The lowest BCUT2D eigenvalue weighted by molar-refractivity contribution is -0.119. The van der Waals surface area contributed by atoms with Crippen molar-refractivity contribution in [3.63, 3.8) is 0 Å². The van der Waals surface area contributed by atoms with E-state index < -0.39 is 5.60 Å². The zero-order chi connectivity index (χ0) is 11.8. The summed E-state index contributed by atoms with van der Waals surface area (Å²) in [7, 11) is 0. The van der Waals surface area contributed by atoms with E-state index in [1.54, 1.807) is 24.7 Å². The third-order valence-corrected chi connectivity index (χ3v) is 2.66. The Morgan fingerprint density at radius 3 is 2.94 bits per heavy atom. The van der Waals surface area contributed by atoms with E-state index in [1.165, 1.54) is 0 Å². The molecule has 1 amide bonds. The highest BCUT2D eigenvalue weighted by molar-refractivity contribution is 5.78. The van der Waals surface area contributed by atoms with Crippen molar-refractivity contribution in [3.05, 3.63) is 11.9 Å². The van der Waals surface area contributed by atoms with Crippen molar-refractivity contribution < 1.29 is 9.90 Å². The maximum absolute atomic E-state index is 11.0. The lowest BCUT2D eigenvalue weighted by Crippen LogP contribution is -2.29. The van der Waals surface area contributed by atoms with Crippen molar-refractivity contribution in [3.8, 4) is 0 Å². The van der Waals surface area contributed by atoms with Gasteiger partial charge in [-0.1, -0.05) is 5.21 Å². The van der Waals surface area contributed by atoms with Crippen LogP contribution in [0.5, 0.6) is 0 Å². The van der Waals surface area contributed by atoms with Crippen LogP contribution in [0.3, 0.4) is 0 Å². The Morgan fingerprint density at radius 1 is 1.69 bits per heavy atom. The van der Waals surface area contributed by atoms with Gasteiger partial charge in [-0.2, -0.15) is 0 Å². The summed E-state index contributed by atoms with van der Waals surface area (Å²) >= 11 is 0. The first-order chi connectivity index (χ1) is 7.45. The first-order valence-corrected chi connectivity index (χ1v) is 5.37. The van der Waals surface area contributed by atoms with Gasteiger partial charge in [0.1, 0.15) is 11.3 Å². The molecular weight excluding hydrogens is 208 g/mol. The quantitative estimate of drug-likeness (QED) is 0.744. The maximum atomic E-state index is 11.0. The van der Waals surface area contributed by atoms with Crippen LogP contribution >= 0.6 is 0 Å². The van der Waals surface area contributed by atoms with Gasteiger partial charge in [0, 0.05) is 12.5 Å². The zero-order valence-corrected chi connectivity index (χ0v) is 9.47. The second-order valence-electron chi connectivity index (χ2n) is 4.69. The first kappa shape index (κ1) is 11.1. The lowest BCUT2D eigenvalue weighted by Gasteiger charge is -2.12. The second kappa shape index (κ2) is 3.86. The van der Waals surface area contributed by atoms with Crippen LogP contribution in [-0.2, 0) is 16.9 Å². The Hall–Kier alpha value is -1.43. The Kier molecular flexibility index (Phi) is 2.67. The van der Waals surface area contributed by atoms with Crippen LogP contribution in [0.25, 0.3) is 0 Å². The van der Waals surface area contributed by atoms with Crippen molar-refractivity contribution in [1.82, 2.24) is 20.3 Å². The van der Waals surface area contributed by atoms with Crippen LogP contribution in [0, 0.1) is 0 Å². The molecule has 88 valence electrons. The third kappa shape index (κ3) is 2.38. The molecule has 16 heavy (non-hydrogen) atoms. The van der Waals surface area contributed by atoms with Crippen LogP contribution in [0.2, 0.25) is 0 Å². The predicted molar refractivity (Wildman–Crippen MR) is 56.4 cm³/mol. The Morgan fingerprint density at radius 2 is 2.44 bits per heavy atom. The highest BCUT2D eigenvalue weighted by Gasteiger charge is 2.23. The van der Waals surface area contributed by atoms with E-state index in [0.29, 0.717) is 18.7 Å². The van der Waals surface area contributed by atoms with Crippen molar-refractivity contribution >= 4 is 5.91 Å². The van der Waals surface area contributed by atoms with E-state index in [2.05, 4.69) is 15.6 Å². The molecule has 0 spiro atoms. The molecule has 1 aliphatic rings. The summed E-state index contributed by atoms with van der Waals surface area (Å²) in [6.45, 7) is 3.94. The molecule has 1 saturated heterocycles. The minimum atomic E-state index is -0.975. The summed E-state index contributed by atoms with van der Waals surface area (Å²) in [4.78, 5) is 11.0. The molecule has 1 atom stereocenters. The fourth-order valence-electron chi connectivity index (χ4n) is 1.71. The van der Waals surface area contributed by atoms with Gasteiger partial charge in [0.25, 0.3) is 0 Å². The van der Waals surface area contributed by atoms with Gasteiger partial charge in [0.2, 0.25) is 5.91 Å². The summed E-state index contributed by atoms with van der Waals surface area (Å²) in [5.74, 6) is 0.0906. The van der Waals surface area contributed by atoms with Crippen LogP contribution in [0.1, 0.15) is 32.4 Å². The normalized spacial score (nSPS) is 21.2. The highest BCUT2D eigenvalue weighted by atomic mass is 16.3. The van der Waals surface area contributed by atoms with Crippen LogP contribution in [0.4, 0.5) is 0 Å². The molecule has 0 aromatic carbocycles. The average Bonchev–Trinajstić information content (AvgIpc) is 2.74. The Labute approximate surface area is 93.6 Å². The molecule has 2 heterocycles. The van der Waals surface area contributed by atoms with E-state index >= 15 is 0 Å².